The molecule has 2 unspecified atom stereocenters. The number of alkyl halides is 3. The number of nitrogen functional groups attached to an aromatic ring is 1. The highest BCUT2D eigenvalue weighted by molar-refractivity contribution is 6.00. The highest BCUT2D eigenvalue weighted by Crippen LogP contribution is 2.34. The summed E-state index contributed by atoms with van der Waals surface area (Å²) in [5, 5.41) is 17.2. The predicted molar refractivity (Wildman–Crippen MR) is 74.5 cm³/mol. The molecule has 21 heavy (non-hydrogen) atoms. The number of aliphatic hydroxyl groups excluding tert-OH is 1. The summed E-state index contributed by atoms with van der Waals surface area (Å²) < 4.78 is 38.3. The average Bonchev–Trinajstić information content (AvgIpc) is 2.40. The third-order valence-corrected chi connectivity index (χ3v) is 3.81. The maximum Gasteiger partial charge on any atom is 0.416 e. The van der Waals surface area contributed by atoms with Crippen LogP contribution in [0.25, 0.3) is 0 Å². The molecule has 0 saturated carbocycles. The van der Waals surface area contributed by atoms with E-state index in [4.69, 9.17) is 11.1 Å². The number of anilines is 1. The van der Waals surface area contributed by atoms with Crippen LogP contribution >= 0.6 is 0 Å². The molecule has 2 rings (SSSR count). The number of halogens is 3. The van der Waals surface area contributed by atoms with Crippen molar-refractivity contribution >= 4 is 11.5 Å². The maximum atomic E-state index is 12.8. The highest BCUT2D eigenvalue weighted by atomic mass is 19.4. The Bertz CT molecular complexity index is 545. The van der Waals surface area contributed by atoms with Crippen LogP contribution < -0.4 is 10.6 Å². The van der Waals surface area contributed by atoms with Gasteiger partial charge in [0.15, 0.2) is 0 Å². The first-order valence-corrected chi connectivity index (χ1v) is 6.69. The number of piperidine rings is 1. The van der Waals surface area contributed by atoms with E-state index >= 15 is 0 Å². The first-order chi connectivity index (χ1) is 9.70. The molecular formula is C14H18F3N3O. The van der Waals surface area contributed by atoms with Gasteiger partial charge in [-0.05, 0) is 30.5 Å². The Morgan fingerprint density at radius 1 is 1.43 bits per heavy atom. The van der Waals surface area contributed by atoms with Crippen molar-refractivity contribution in [3.05, 3.63) is 29.3 Å². The van der Waals surface area contributed by atoms with Crippen molar-refractivity contribution in [2.45, 2.75) is 25.6 Å². The van der Waals surface area contributed by atoms with E-state index in [1.54, 1.807) is 0 Å². The summed E-state index contributed by atoms with van der Waals surface area (Å²) in [5.41, 5.74) is 5.20. The Balaban J connectivity index is 2.38. The molecule has 0 radical (unpaired) electrons. The topological polar surface area (TPSA) is 73.3 Å². The summed E-state index contributed by atoms with van der Waals surface area (Å²) in [5.74, 6) is -0.379. The van der Waals surface area contributed by atoms with E-state index in [0.29, 0.717) is 25.2 Å². The Labute approximate surface area is 120 Å². The summed E-state index contributed by atoms with van der Waals surface area (Å²) in [7, 11) is 0. The van der Waals surface area contributed by atoms with Crippen molar-refractivity contribution < 1.29 is 18.3 Å². The zero-order valence-electron chi connectivity index (χ0n) is 11.6. The van der Waals surface area contributed by atoms with Gasteiger partial charge in [0.05, 0.1) is 11.7 Å². The van der Waals surface area contributed by atoms with Gasteiger partial charge in [0.25, 0.3) is 0 Å². The Morgan fingerprint density at radius 3 is 2.62 bits per heavy atom. The van der Waals surface area contributed by atoms with E-state index in [0.717, 1.165) is 12.1 Å². The van der Waals surface area contributed by atoms with E-state index in [1.807, 2.05) is 11.8 Å². The molecule has 1 aromatic carbocycles. The van der Waals surface area contributed by atoms with Gasteiger partial charge < -0.3 is 15.7 Å². The lowest BCUT2D eigenvalue weighted by Crippen LogP contribution is -2.42. The van der Waals surface area contributed by atoms with Gasteiger partial charge in [-0.25, -0.2) is 0 Å². The maximum absolute atomic E-state index is 12.8. The molecule has 1 saturated heterocycles. The second-order valence-electron chi connectivity index (χ2n) is 5.42. The Morgan fingerprint density at radius 2 is 2.10 bits per heavy atom. The minimum absolute atomic E-state index is 0.0147. The van der Waals surface area contributed by atoms with Crippen molar-refractivity contribution in [1.29, 1.82) is 5.41 Å². The number of rotatable bonds is 2. The largest absolute Gasteiger partial charge is 0.416 e. The van der Waals surface area contributed by atoms with Crippen LogP contribution in [0.3, 0.4) is 0 Å². The Kier molecular flexibility index (Phi) is 4.13. The molecule has 4 nitrogen and oxygen atoms in total. The van der Waals surface area contributed by atoms with Crippen LogP contribution in [0.4, 0.5) is 18.9 Å². The first kappa shape index (κ1) is 15.6. The van der Waals surface area contributed by atoms with Crippen molar-refractivity contribution in [3.8, 4) is 0 Å². The SMILES string of the molecule is CC1CN(c2ccc(C(F)(F)F)cc2C(=N)N)CCC1O. The van der Waals surface area contributed by atoms with E-state index in [-0.39, 0.29) is 11.5 Å². The lowest BCUT2D eigenvalue weighted by molar-refractivity contribution is -0.137. The molecule has 1 heterocycles. The molecule has 116 valence electrons. The molecule has 1 fully saturated rings. The normalized spacial score (nSPS) is 23.2. The van der Waals surface area contributed by atoms with Crippen LogP contribution in [0.15, 0.2) is 18.2 Å². The third-order valence-electron chi connectivity index (χ3n) is 3.81. The van der Waals surface area contributed by atoms with Crippen molar-refractivity contribution in [1.82, 2.24) is 0 Å². The van der Waals surface area contributed by atoms with Crippen LogP contribution in [0.2, 0.25) is 0 Å². The van der Waals surface area contributed by atoms with Gasteiger partial charge in [-0.1, -0.05) is 6.92 Å². The Hall–Kier alpha value is -1.76. The smallest absolute Gasteiger partial charge is 0.393 e. The lowest BCUT2D eigenvalue weighted by Gasteiger charge is -2.37. The summed E-state index contributed by atoms with van der Waals surface area (Å²) in [6.07, 6.45) is -4.33. The van der Waals surface area contributed by atoms with Crippen LogP contribution in [0.1, 0.15) is 24.5 Å². The molecule has 0 aromatic heterocycles. The van der Waals surface area contributed by atoms with Crippen molar-refractivity contribution in [2.24, 2.45) is 11.7 Å². The first-order valence-electron chi connectivity index (χ1n) is 6.69. The fourth-order valence-corrected chi connectivity index (χ4v) is 2.56. The van der Waals surface area contributed by atoms with Gasteiger partial charge >= 0.3 is 6.18 Å². The number of aliphatic hydroxyl groups is 1. The molecule has 0 spiro atoms. The molecule has 0 aliphatic carbocycles. The standard InChI is InChI=1S/C14H18F3N3O/c1-8-7-20(5-4-12(8)21)11-3-2-9(14(15,16)17)6-10(11)13(18)19/h2-3,6,8,12,21H,4-5,7H2,1H3,(H3,18,19). The number of hydrogen-bond acceptors (Lipinski definition) is 3. The van der Waals surface area contributed by atoms with Crippen LogP contribution in [-0.4, -0.2) is 30.1 Å². The van der Waals surface area contributed by atoms with Gasteiger partial charge in [0.1, 0.15) is 5.84 Å². The summed E-state index contributed by atoms with van der Waals surface area (Å²) in [4.78, 5) is 1.87. The van der Waals surface area contributed by atoms with Gasteiger partial charge in [-0.2, -0.15) is 13.2 Å². The fourth-order valence-electron chi connectivity index (χ4n) is 2.56. The average molecular weight is 301 g/mol. The van der Waals surface area contributed by atoms with E-state index in [2.05, 4.69) is 0 Å². The van der Waals surface area contributed by atoms with Gasteiger partial charge in [0.2, 0.25) is 0 Å². The lowest BCUT2D eigenvalue weighted by atomic mass is 9.95. The monoisotopic (exact) mass is 301 g/mol. The number of benzene rings is 1. The molecule has 1 aromatic rings. The summed E-state index contributed by atoms with van der Waals surface area (Å²) >= 11 is 0. The van der Waals surface area contributed by atoms with Crippen molar-refractivity contribution in [3.63, 3.8) is 0 Å². The molecule has 7 heteroatoms. The minimum atomic E-state index is -4.46. The quantitative estimate of drug-likeness (QED) is 0.579. The molecule has 1 aliphatic rings. The van der Waals surface area contributed by atoms with Gasteiger partial charge in [-0.15, -0.1) is 0 Å². The van der Waals surface area contributed by atoms with Gasteiger partial charge in [0, 0.05) is 24.3 Å². The zero-order chi connectivity index (χ0) is 15.8. The number of nitrogens with two attached hydrogens (primary N) is 1. The molecule has 0 bridgehead atoms. The molecular weight excluding hydrogens is 283 g/mol. The number of nitrogens with one attached hydrogen (secondary N) is 1. The molecule has 2 atom stereocenters. The third kappa shape index (κ3) is 3.29. The second kappa shape index (κ2) is 5.55. The summed E-state index contributed by atoms with van der Waals surface area (Å²) in [6, 6.07) is 3.26. The molecule has 1 aliphatic heterocycles. The number of hydrogen-bond donors (Lipinski definition) is 3. The van der Waals surface area contributed by atoms with Gasteiger partial charge in [-0.3, -0.25) is 5.41 Å². The van der Waals surface area contributed by atoms with E-state index in [1.165, 1.54) is 6.07 Å². The van der Waals surface area contributed by atoms with Crippen LogP contribution in [-0.2, 0) is 6.18 Å². The zero-order valence-corrected chi connectivity index (χ0v) is 11.6. The number of nitrogens with zero attached hydrogens (tertiary/aromatic N) is 1. The number of amidine groups is 1. The summed E-state index contributed by atoms with van der Waals surface area (Å²) in [6.45, 7) is 2.93. The van der Waals surface area contributed by atoms with Crippen molar-refractivity contribution in [2.75, 3.05) is 18.0 Å². The second-order valence-corrected chi connectivity index (χ2v) is 5.42. The fraction of sp³-hybridized carbons (Fsp3) is 0.500. The van der Waals surface area contributed by atoms with E-state index in [9.17, 15) is 18.3 Å². The highest BCUT2D eigenvalue weighted by Gasteiger charge is 2.32. The molecule has 4 N–H and O–H groups in total. The predicted octanol–water partition coefficient (Wildman–Crippen LogP) is 2.20. The van der Waals surface area contributed by atoms with Crippen LogP contribution in [0, 0.1) is 11.3 Å². The molecule has 0 amide bonds. The van der Waals surface area contributed by atoms with Crippen LogP contribution in [0.5, 0.6) is 0 Å². The van der Waals surface area contributed by atoms with E-state index < -0.39 is 23.7 Å². The minimum Gasteiger partial charge on any atom is -0.393 e.